The van der Waals surface area contributed by atoms with Gasteiger partial charge in [-0.1, -0.05) is 13.8 Å². The molecule has 0 aliphatic rings. The molecule has 4 nitrogen and oxygen atoms in total. The Kier molecular flexibility index (Phi) is 14.0. The fraction of sp³-hybridized carbons (Fsp3) is 0.900. The molecule has 14 heavy (non-hydrogen) atoms. The number of hydrogen-bond acceptors (Lipinski definition) is 3. The number of carboxylic acids is 1. The highest BCUT2D eigenvalue weighted by Gasteiger charge is 1.92. The van der Waals surface area contributed by atoms with Crippen LogP contribution in [0, 0.1) is 5.92 Å². The van der Waals surface area contributed by atoms with E-state index in [4.69, 9.17) is 14.9 Å². The van der Waals surface area contributed by atoms with Crippen LogP contribution in [0.2, 0.25) is 0 Å². The highest BCUT2D eigenvalue weighted by atomic mass is 16.5. The predicted molar refractivity (Wildman–Crippen MR) is 55.3 cm³/mol. The molecule has 0 atom stereocenters. The van der Waals surface area contributed by atoms with Gasteiger partial charge >= 0.3 is 5.97 Å². The van der Waals surface area contributed by atoms with E-state index in [9.17, 15) is 4.79 Å². The number of ether oxygens (including phenoxy) is 1. The van der Waals surface area contributed by atoms with Crippen molar-refractivity contribution in [1.29, 1.82) is 0 Å². The van der Waals surface area contributed by atoms with Crippen LogP contribution in [0.1, 0.15) is 33.6 Å². The number of carbonyl (C=O) groups is 1. The van der Waals surface area contributed by atoms with Crippen LogP contribution in [0.5, 0.6) is 0 Å². The van der Waals surface area contributed by atoms with E-state index in [-0.39, 0.29) is 6.42 Å². The van der Waals surface area contributed by atoms with Crippen molar-refractivity contribution in [1.82, 2.24) is 0 Å². The zero-order valence-corrected chi connectivity index (χ0v) is 9.32. The number of rotatable bonds is 6. The molecular weight excluding hydrogens is 184 g/mol. The summed E-state index contributed by atoms with van der Waals surface area (Å²) in [4.78, 5) is 9.79. The van der Waals surface area contributed by atoms with Gasteiger partial charge in [0.1, 0.15) is 0 Å². The fourth-order valence-electron chi connectivity index (χ4n) is 0.562. The average molecular weight is 206 g/mol. The number of hydrogen-bond donors (Lipinski definition) is 2. The summed E-state index contributed by atoms with van der Waals surface area (Å²) < 4.78 is 4.76. The number of carboxylic acid groups (broad SMARTS) is 1. The third-order valence-corrected chi connectivity index (χ3v) is 1.37. The van der Waals surface area contributed by atoms with Crippen LogP contribution in [-0.2, 0) is 9.53 Å². The first-order valence-electron chi connectivity index (χ1n) is 4.94. The maximum Gasteiger partial charge on any atom is 0.305 e. The van der Waals surface area contributed by atoms with Crippen molar-refractivity contribution >= 4 is 5.97 Å². The molecule has 0 aromatic carbocycles. The van der Waals surface area contributed by atoms with Crippen molar-refractivity contribution < 1.29 is 19.7 Å². The molecule has 0 rings (SSSR count). The lowest BCUT2D eigenvalue weighted by Crippen LogP contribution is -2.01. The minimum atomic E-state index is -0.807. The van der Waals surface area contributed by atoms with Gasteiger partial charge in [0.25, 0.3) is 0 Å². The lowest BCUT2D eigenvalue weighted by atomic mass is 10.2. The van der Waals surface area contributed by atoms with E-state index in [0.717, 1.165) is 6.42 Å². The third kappa shape index (κ3) is 22.5. The smallest absolute Gasteiger partial charge is 0.305 e. The average Bonchev–Trinajstić information content (AvgIpc) is 2.05. The van der Waals surface area contributed by atoms with Crippen molar-refractivity contribution in [3.05, 3.63) is 0 Å². The van der Waals surface area contributed by atoms with Crippen LogP contribution in [-0.4, -0.2) is 36.0 Å². The molecule has 0 spiro atoms. The van der Waals surface area contributed by atoms with E-state index in [2.05, 4.69) is 13.8 Å². The summed E-state index contributed by atoms with van der Waals surface area (Å²) in [5, 5.41) is 16.3. The first kappa shape index (κ1) is 15.8. The Balaban J connectivity index is 0. The van der Waals surface area contributed by atoms with Gasteiger partial charge in [0.05, 0.1) is 13.0 Å². The summed E-state index contributed by atoms with van der Waals surface area (Å²) in [5.41, 5.74) is 0. The van der Waals surface area contributed by atoms with Crippen LogP contribution in [0.25, 0.3) is 0 Å². The van der Waals surface area contributed by atoms with Crippen molar-refractivity contribution in [2.24, 2.45) is 5.92 Å². The second kappa shape index (κ2) is 12.4. The maximum absolute atomic E-state index is 9.79. The van der Waals surface area contributed by atoms with E-state index in [0.29, 0.717) is 25.7 Å². The highest BCUT2D eigenvalue weighted by molar-refractivity contribution is 5.66. The molecule has 2 N–H and O–H groups in total. The Morgan fingerprint density at radius 2 is 2.00 bits per heavy atom. The molecule has 0 fully saturated rings. The summed E-state index contributed by atoms with van der Waals surface area (Å²) >= 11 is 0. The van der Waals surface area contributed by atoms with Gasteiger partial charge in [-0.15, -0.1) is 0 Å². The Bertz CT molecular complexity index is 123. The molecule has 0 aromatic heterocycles. The highest BCUT2D eigenvalue weighted by Crippen LogP contribution is 1.94. The zero-order chi connectivity index (χ0) is 11.4. The number of aliphatic hydroxyl groups is 1. The van der Waals surface area contributed by atoms with Crippen molar-refractivity contribution in [2.45, 2.75) is 33.6 Å². The van der Waals surface area contributed by atoms with E-state index in [1.54, 1.807) is 0 Å². The second-order valence-corrected chi connectivity index (χ2v) is 3.25. The van der Waals surface area contributed by atoms with Crippen molar-refractivity contribution in [2.75, 3.05) is 19.8 Å². The van der Waals surface area contributed by atoms with E-state index >= 15 is 0 Å². The lowest BCUT2D eigenvalue weighted by molar-refractivity contribution is -0.138. The molecule has 4 heteroatoms. The molecular formula is C10H22O4. The van der Waals surface area contributed by atoms with Crippen LogP contribution in [0.4, 0.5) is 0 Å². The minimum absolute atomic E-state index is 0.105. The second-order valence-electron chi connectivity index (χ2n) is 3.25. The molecule has 0 saturated carbocycles. The van der Waals surface area contributed by atoms with Gasteiger partial charge in [0, 0.05) is 13.2 Å². The molecule has 0 bridgehead atoms. The van der Waals surface area contributed by atoms with Crippen LogP contribution >= 0.6 is 0 Å². The van der Waals surface area contributed by atoms with Gasteiger partial charge in [-0.25, -0.2) is 0 Å². The topological polar surface area (TPSA) is 66.8 Å². The molecule has 0 aromatic rings. The minimum Gasteiger partial charge on any atom is -0.481 e. The summed E-state index contributed by atoms with van der Waals surface area (Å²) in [7, 11) is 0. The van der Waals surface area contributed by atoms with Crippen LogP contribution < -0.4 is 0 Å². The first-order valence-corrected chi connectivity index (χ1v) is 4.94. The Labute approximate surface area is 85.9 Å². The van der Waals surface area contributed by atoms with Crippen LogP contribution in [0.3, 0.4) is 0 Å². The Morgan fingerprint density at radius 1 is 1.43 bits per heavy atom. The molecule has 0 saturated heterocycles. The van der Waals surface area contributed by atoms with Crippen molar-refractivity contribution in [3.8, 4) is 0 Å². The largest absolute Gasteiger partial charge is 0.481 e. The van der Waals surface area contributed by atoms with Gasteiger partial charge in [-0.3, -0.25) is 4.79 Å². The van der Waals surface area contributed by atoms with Gasteiger partial charge in [0.15, 0.2) is 0 Å². The van der Waals surface area contributed by atoms with Gasteiger partial charge in [0.2, 0.25) is 0 Å². The summed E-state index contributed by atoms with van der Waals surface area (Å²) in [6, 6.07) is 0. The van der Waals surface area contributed by atoms with Crippen molar-refractivity contribution in [3.63, 3.8) is 0 Å². The quantitative estimate of drug-likeness (QED) is 0.647. The Morgan fingerprint density at radius 3 is 2.21 bits per heavy atom. The normalized spacial score (nSPS) is 9.50. The molecule has 0 aliphatic carbocycles. The fourth-order valence-corrected chi connectivity index (χ4v) is 0.562. The molecule has 0 radical (unpaired) electrons. The van der Waals surface area contributed by atoms with Gasteiger partial charge in [-0.2, -0.15) is 0 Å². The molecule has 86 valence electrons. The third-order valence-electron chi connectivity index (χ3n) is 1.37. The standard InChI is InChI=1S/C5H10O3.C5H12O/c1-2-8-4-3-5(6)7;1-5(2)3-4-6/h2-4H2,1H3,(H,6,7);5-6H,3-4H2,1-2H3. The van der Waals surface area contributed by atoms with Gasteiger partial charge < -0.3 is 14.9 Å². The summed E-state index contributed by atoms with van der Waals surface area (Å²) in [6.07, 6.45) is 1.04. The molecule has 0 heterocycles. The number of aliphatic hydroxyl groups excluding tert-OH is 1. The maximum atomic E-state index is 9.79. The Hall–Kier alpha value is -0.610. The SMILES string of the molecule is CC(C)CCO.CCOCCC(=O)O. The molecule has 0 amide bonds. The summed E-state index contributed by atoms with van der Waals surface area (Å²) in [6.45, 7) is 7.27. The molecule has 0 aliphatic heterocycles. The van der Waals surface area contributed by atoms with E-state index in [1.165, 1.54) is 0 Å². The van der Waals surface area contributed by atoms with Crippen LogP contribution in [0.15, 0.2) is 0 Å². The lowest BCUT2D eigenvalue weighted by Gasteiger charge is -1.95. The number of aliphatic carboxylic acids is 1. The van der Waals surface area contributed by atoms with E-state index < -0.39 is 5.97 Å². The summed E-state index contributed by atoms with van der Waals surface area (Å²) in [5.74, 6) is -0.159. The predicted octanol–water partition coefficient (Wildman–Crippen LogP) is 1.52. The monoisotopic (exact) mass is 206 g/mol. The van der Waals surface area contributed by atoms with Gasteiger partial charge in [-0.05, 0) is 19.3 Å². The van der Waals surface area contributed by atoms with E-state index in [1.807, 2.05) is 6.92 Å². The molecule has 0 unspecified atom stereocenters. The zero-order valence-electron chi connectivity index (χ0n) is 9.32. The first-order chi connectivity index (χ1) is 6.54.